The van der Waals surface area contributed by atoms with Gasteiger partial charge in [-0.2, -0.15) is 0 Å². The van der Waals surface area contributed by atoms with Crippen molar-refractivity contribution in [2.24, 2.45) is 0 Å². The molecule has 6 nitrogen and oxygen atoms in total. The highest BCUT2D eigenvalue weighted by atomic mass is 16.4. The Labute approximate surface area is 136 Å². The van der Waals surface area contributed by atoms with Crippen molar-refractivity contribution >= 4 is 11.8 Å². The quantitative estimate of drug-likeness (QED) is 0.694. The van der Waals surface area contributed by atoms with Gasteiger partial charge in [-0.15, -0.1) is 0 Å². The first-order valence-electron chi connectivity index (χ1n) is 8.05. The number of imidazole rings is 1. The van der Waals surface area contributed by atoms with Crippen molar-refractivity contribution in [3.8, 4) is 0 Å². The number of aryl methyl sites for hydroxylation is 1. The molecule has 2 aromatic heterocycles. The molecule has 0 amide bonds. The Hall–Kier alpha value is -2.37. The number of unbranched alkanes of at least 4 members (excludes halogenated alkanes) is 3. The Balaban J connectivity index is 2.01. The fourth-order valence-electron chi connectivity index (χ4n) is 2.51. The van der Waals surface area contributed by atoms with Crippen molar-refractivity contribution in [2.45, 2.75) is 51.5 Å². The second kappa shape index (κ2) is 8.31. The Morgan fingerprint density at radius 1 is 1.30 bits per heavy atom. The zero-order chi connectivity index (χ0) is 16.7. The highest BCUT2D eigenvalue weighted by molar-refractivity contribution is 5.75. The van der Waals surface area contributed by atoms with E-state index in [0.717, 1.165) is 18.5 Å². The molecule has 124 valence electrons. The standard InChI is InChI=1S/C17H24N4O2/c1-2-3-4-5-8-21-11-15(20-12-21)14(17(22)23)9-13-6-7-16(18)19-10-13/h6-7,10-12,14H,2-5,8-9H2,1H3,(H2,18,19)(H,22,23). The summed E-state index contributed by atoms with van der Waals surface area (Å²) in [6, 6.07) is 3.49. The number of carbonyl (C=O) groups is 1. The molecule has 0 spiro atoms. The monoisotopic (exact) mass is 316 g/mol. The van der Waals surface area contributed by atoms with Gasteiger partial charge in [-0.1, -0.05) is 32.3 Å². The smallest absolute Gasteiger partial charge is 0.312 e. The average Bonchev–Trinajstić information content (AvgIpc) is 2.99. The van der Waals surface area contributed by atoms with Gasteiger partial charge in [-0.05, 0) is 24.5 Å². The molecule has 2 rings (SSSR count). The van der Waals surface area contributed by atoms with Gasteiger partial charge in [-0.25, -0.2) is 9.97 Å². The third kappa shape index (κ3) is 5.09. The van der Waals surface area contributed by atoms with E-state index in [4.69, 9.17) is 5.73 Å². The van der Waals surface area contributed by atoms with Crippen LogP contribution in [0, 0.1) is 0 Å². The molecule has 0 aliphatic rings. The molecule has 0 aromatic carbocycles. The van der Waals surface area contributed by atoms with Crippen molar-refractivity contribution in [1.29, 1.82) is 0 Å². The van der Waals surface area contributed by atoms with E-state index in [0.29, 0.717) is 17.9 Å². The molecule has 1 atom stereocenters. The molecule has 1 unspecified atom stereocenters. The van der Waals surface area contributed by atoms with Crippen LogP contribution in [0.4, 0.5) is 5.82 Å². The highest BCUT2D eigenvalue weighted by Crippen LogP contribution is 2.20. The largest absolute Gasteiger partial charge is 0.481 e. The van der Waals surface area contributed by atoms with Gasteiger partial charge in [-0.3, -0.25) is 4.79 Å². The van der Waals surface area contributed by atoms with E-state index >= 15 is 0 Å². The molecule has 2 aromatic rings. The number of hydrogen-bond acceptors (Lipinski definition) is 4. The number of nitrogens with zero attached hydrogens (tertiary/aromatic N) is 3. The number of hydrogen-bond donors (Lipinski definition) is 2. The number of carboxylic acids is 1. The molecular formula is C17H24N4O2. The summed E-state index contributed by atoms with van der Waals surface area (Å²) in [7, 11) is 0. The van der Waals surface area contributed by atoms with Crippen molar-refractivity contribution in [3.63, 3.8) is 0 Å². The molecule has 23 heavy (non-hydrogen) atoms. The van der Waals surface area contributed by atoms with Gasteiger partial charge in [0.25, 0.3) is 0 Å². The van der Waals surface area contributed by atoms with Gasteiger partial charge < -0.3 is 15.4 Å². The molecular weight excluding hydrogens is 292 g/mol. The number of nitrogens with two attached hydrogens (primary N) is 1. The number of aromatic nitrogens is 3. The molecule has 0 saturated carbocycles. The van der Waals surface area contributed by atoms with E-state index in [1.807, 2.05) is 10.8 Å². The molecule has 3 N–H and O–H groups in total. The van der Waals surface area contributed by atoms with E-state index in [2.05, 4.69) is 16.9 Å². The lowest BCUT2D eigenvalue weighted by atomic mass is 9.98. The predicted molar refractivity (Wildman–Crippen MR) is 89.1 cm³/mol. The molecule has 0 radical (unpaired) electrons. The number of nitrogen functional groups attached to an aromatic ring is 1. The summed E-state index contributed by atoms with van der Waals surface area (Å²) in [6.45, 7) is 3.06. The highest BCUT2D eigenvalue weighted by Gasteiger charge is 2.23. The van der Waals surface area contributed by atoms with Crippen LogP contribution in [0.2, 0.25) is 0 Å². The van der Waals surface area contributed by atoms with E-state index in [1.165, 1.54) is 19.3 Å². The molecule has 0 saturated heterocycles. The average molecular weight is 316 g/mol. The van der Waals surface area contributed by atoms with Gasteiger partial charge in [0.15, 0.2) is 0 Å². The minimum atomic E-state index is -0.877. The first-order valence-corrected chi connectivity index (χ1v) is 8.05. The zero-order valence-electron chi connectivity index (χ0n) is 13.5. The van der Waals surface area contributed by atoms with Gasteiger partial charge >= 0.3 is 5.97 Å². The Morgan fingerprint density at radius 3 is 2.78 bits per heavy atom. The molecule has 0 fully saturated rings. The van der Waals surface area contributed by atoms with Crippen LogP contribution in [-0.4, -0.2) is 25.6 Å². The fourth-order valence-corrected chi connectivity index (χ4v) is 2.51. The van der Waals surface area contributed by atoms with Crippen LogP contribution < -0.4 is 5.73 Å². The summed E-state index contributed by atoms with van der Waals surface area (Å²) < 4.78 is 1.97. The Bertz CT molecular complexity index is 622. The summed E-state index contributed by atoms with van der Waals surface area (Å²) in [5.41, 5.74) is 6.98. The summed E-state index contributed by atoms with van der Waals surface area (Å²) in [5.74, 6) is -1.12. The molecule has 0 aliphatic heterocycles. The molecule has 0 bridgehead atoms. The number of pyridine rings is 1. The molecule has 2 heterocycles. The van der Waals surface area contributed by atoms with Gasteiger partial charge in [0.2, 0.25) is 0 Å². The minimum absolute atomic E-state index is 0.357. The summed E-state index contributed by atoms with van der Waals surface area (Å²) in [6.07, 6.45) is 10.2. The lowest BCUT2D eigenvalue weighted by Crippen LogP contribution is -2.15. The Kier molecular flexibility index (Phi) is 6.14. The van der Waals surface area contributed by atoms with E-state index in [1.54, 1.807) is 24.7 Å². The van der Waals surface area contributed by atoms with Crippen LogP contribution in [-0.2, 0) is 17.8 Å². The normalized spacial score (nSPS) is 12.2. The molecule has 6 heteroatoms. The lowest BCUT2D eigenvalue weighted by molar-refractivity contribution is -0.138. The SMILES string of the molecule is CCCCCCn1cnc(C(Cc2ccc(N)nc2)C(=O)O)c1. The van der Waals surface area contributed by atoms with Crippen LogP contribution in [0.15, 0.2) is 30.9 Å². The second-order valence-corrected chi connectivity index (χ2v) is 5.78. The topological polar surface area (TPSA) is 94.0 Å². The van der Waals surface area contributed by atoms with E-state index in [9.17, 15) is 9.90 Å². The lowest BCUT2D eigenvalue weighted by Gasteiger charge is -2.09. The maximum atomic E-state index is 11.6. The third-order valence-corrected chi connectivity index (χ3v) is 3.87. The Morgan fingerprint density at radius 2 is 2.13 bits per heavy atom. The van der Waals surface area contributed by atoms with Crippen LogP contribution in [0.1, 0.15) is 49.8 Å². The van der Waals surface area contributed by atoms with Gasteiger partial charge in [0, 0.05) is 18.9 Å². The first-order chi connectivity index (χ1) is 11.1. The fraction of sp³-hybridized carbons (Fsp3) is 0.471. The maximum absolute atomic E-state index is 11.6. The zero-order valence-corrected chi connectivity index (χ0v) is 13.5. The summed E-state index contributed by atoms with van der Waals surface area (Å²) >= 11 is 0. The van der Waals surface area contributed by atoms with Crippen molar-refractivity contribution in [3.05, 3.63) is 42.1 Å². The second-order valence-electron chi connectivity index (χ2n) is 5.78. The van der Waals surface area contributed by atoms with Crippen molar-refractivity contribution in [2.75, 3.05) is 5.73 Å². The summed E-state index contributed by atoms with van der Waals surface area (Å²) in [4.78, 5) is 19.9. The number of carboxylic acid groups (broad SMARTS) is 1. The summed E-state index contributed by atoms with van der Waals surface area (Å²) in [5, 5.41) is 9.50. The van der Waals surface area contributed by atoms with Gasteiger partial charge in [0.1, 0.15) is 11.7 Å². The minimum Gasteiger partial charge on any atom is -0.481 e. The van der Waals surface area contributed by atoms with Crippen LogP contribution in [0.25, 0.3) is 0 Å². The predicted octanol–water partition coefficient (Wildman–Crippen LogP) is 2.85. The third-order valence-electron chi connectivity index (χ3n) is 3.87. The van der Waals surface area contributed by atoms with Gasteiger partial charge in [0.05, 0.1) is 12.0 Å². The van der Waals surface area contributed by atoms with Crippen LogP contribution in [0.3, 0.4) is 0 Å². The van der Waals surface area contributed by atoms with E-state index in [-0.39, 0.29) is 0 Å². The number of anilines is 1. The van der Waals surface area contributed by atoms with E-state index < -0.39 is 11.9 Å². The molecule has 0 aliphatic carbocycles. The first kappa shape index (κ1) is 17.0. The van der Waals surface area contributed by atoms with Crippen LogP contribution in [0.5, 0.6) is 0 Å². The van der Waals surface area contributed by atoms with Crippen molar-refractivity contribution < 1.29 is 9.90 Å². The number of rotatable bonds is 9. The van der Waals surface area contributed by atoms with Crippen LogP contribution >= 0.6 is 0 Å². The number of aliphatic carboxylic acids is 1. The van der Waals surface area contributed by atoms with Crippen molar-refractivity contribution in [1.82, 2.24) is 14.5 Å². The maximum Gasteiger partial charge on any atom is 0.312 e.